The number of hydrogen-bond donors (Lipinski definition) is 1. The van der Waals surface area contributed by atoms with Crippen LogP contribution in [0.3, 0.4) is 0 Å². The average Bonchev–Trinajstić information content (AvgIpc) is 2.29. The van der Waals surface area contributed by atoms with Crippen molar-refractivity contribution >= 4 is 11.6 Å². The van der Waals surface area contributed by atoms with E-state index in [0.29, 0.717) is 0 Å². The van der Waals surface area contributed by atoms with Crippen molar-refractivity contribution in [3.05, 3.63) is 12.4 Å². The van der Waals surface area contributed by atoms with Gasteiger partial charge in [0.2, 0.25) is 0 Å². The van der Waals surface area contributed by atoms with E-state index in [1.807, 2.05) is 6.07 Å². The topological polar surface area (TPSA) is 41.0 Å². The van der Waals surface area contributed by atoms with Gasteiger partial charge in [-0.25, -0.2) is 9.97 Å². The number of anilines is 2. The third kappa shape index (κ3) is 5.02. The van der Waals surface area contributed by atoms with Gasteiger partial charge in [-0.2, -0.15) is 0 Å². The normalized spacial score (nSPS) is 10.6. The van der Waals surface area contributed by atoms with Crippen LogP contribution in [0.15, 0.2) is 12.4 Å². The SMILES string of the molecule is CCNc1cc(N(C)CCCC(C)C)ncn1. The summed E-state index contributed by atoms with van der Waals surface area (Å²) in [5, 5.41) is 3.20. The van der Waals surface area contributed by atoms with Crippen molar-refractivity contribution in [3.8, 4) is 0 Å². The second-order valence-corrected chi connectivity index (χ2v) is 4.75. The molecule has 1 aromatic rings. The molecule has 1 rings (SSSR count). The largest absolute Gasteiger partial charge is 0.370 e. The van der Waals surface area contributed by atoms with E-state index in [-0.39, 0.29) is 0 Å². The molecule has 0 fully saturated rings. The molecule has 1 aromatic heterocycles. The lowest BCUT2D eigenvalue weighted by Crippen LogP contribution is -2.20. The Balaban J connectivity index is 2.50. The second kappa shape index (κ2) is 7.09. The van der Waals surface area contributed by atoms with Gasteiger partial charge in [0.15, 0.2) is 0 Å². The summed E-state index contributed by atoms with van der Waals surface area (Å²) in [7, 11) is 2.08. The van der Waals surface area contributed by atoms with Crippen LogP contribution in [-0.4, -0.2) is 30.1 Å². The molecule has 0 atom stereocenters. The summed E-state index contributed by atoms with van der Waals surface area (Å²) in [6, 6.07) is 2.00. The Labute approximate surface area is 104 Å². The monoisotopic (exact) mass is 236 g/mol. The maximum Gasteiger partial charge on any atom is 0.133 e. The van der Waals surface area contributed by atoms with E-state index in [4.69, 9.17) is 0 Å². The minimum atomic E-state index is 0.770. The minimum Gasteiger partial charge on any atom is -0.370 e. The number of aromatic nitrogens is 2. The van der Waals surface area contributed by atoms with E-state index in [1.54, 1.807) is 6.33 Å². The van der Waals surface area contributed by atoms with Crippen LogP contribution in [0.25, 0.3) is 0 Å². The van der Waals surface area contributed by atoms with Gasteiger partial charge in [-0.1, -0.05) is 13.8 Å². The molecule has 0 aliphatic heterocycles. The summed E-state index contributed by atoms with van der Waals surface area (Å²) in [5.74, 6) is 2.65. The fourth-order valence-corrected chi connectivity index (χ4v) is 1.68. The van der Waals surface area contributed by atoms with E-state index in [9.17, 15) is 0 Å². The highest BCUT2D eigenvalue weighted by Gasteiger charge is 2.04. The first-order chi connectivity index (χ1) is 8.13. The lowest BCUT2D eigenvalue weighted by atomic mass is 10.1. The fourth-order valence-electron chi connectivity index (χ4n) is 1.68. The summed E-state index contributed by atoms with van der Waals surface area (Å²) in [6.07, 6.45) is 4.08. The molecule has 0 radical (unpaired) electrons. The molecule has 0 saturated heterocycles. The molecule has 96 valence electrons. The van der Waals surface area contributed by atoms with Crippen LogP contribution in [0.2, 0.25) is 0 Å². The average molecular weight is 236 g/mol. The highest BCUT2D eigenvalue weighted by Crippen LogP contribution is 2.13. The van der Waals surface area contributed by atoms with E-state index < -0.39 is 0 Å². The van der Waals surface area contributed by atoms with Crippen LogP contribution in [0, 0.1) is 5.92 Å². The Morgan fingerprint density at radius 1 is 1.35 bits per heavy atom. The van der Waals surface area contributed by atoms with Crippen LogP contribution in [0.1, 0.15) is 33.6 Å². The van der Waals surface area contributed by atoms with Gasteiger partial charge in [0.25, 0.3) is 0 Å². The molecule has 1 heterocycles. The molecule has 0 bridgehead atoms. The minimum absolute atomic E-state index is 0.770. The van der Waals surface area contributed by atoms with E-state index in [1.165, 1.54) is 12.8 Å². The van der Waals surface area contributed by atoms with Crippen LogP contribution < -0.4 is 10.2 Å². The summed E-state index contributed by atoms with van der Waals surface area (Å²) < 4.78 is 0. The van der Waals surface area contributed by atoms with Crippen LogP contribution in [0.5, 0.6) is 0 Å². The zero-order valence-corrected chi connectivity index (χ0v) is 11.4. The maximum absolute atomic E-state index is 4.29. The lowest BCUT2D eigenvalue weighted by molar-refractivity contribution is 0.555. The molecular formula is C13H24N4. The molecule has 1 N–H and O–H groups in total. The molecule has 0 spiro atoms. The zero-order valence-electron chi connectivity index (χ0n) is 11.4. The van der Waals surface area contributed by atoms with Crippen LogP contribution in [0.4, 0.5) is 11.6 Å². The fraction of sp³-hybridized carbons (Fsp3) is 0.692. The number of hydrogen-bond acceptors (Lipinski definition) is 4. The zero-order chi connectivity index (χ0) is 12.7. The third-order valence-corrected chi connectivity index (χ3v) is 2.68. The number of rotatable bonds is 7. The van der Waals surface area contributed by atoms with Gasteiger partial charge in [0, 0.05) is 26.2 Å². The van der Waals surface area contributed by atoms with Gasteiger partial charge < -0.3 is 10.2 Å². The molecular weight excluding hydrogens is 212 g/mol. The first-order valence-electron chi connectivity index (χ1n) is 6.40. The van der Waals surface area contributed by atoms with Crippen molar-refractivity contribution in [2.45, 2.75) is 33.6 Å². The van der Waals surface area contributed by atoms with Crippen molar-refractivity contribution < 1.29 is 0 Å². The van der Waals surface area contributed by atoms with Gasteiger partial charge in [-0.05, 0) is 25.7 Å². The summed E-state index contributed by atoms with van der Waals surface area (Å²) >= 11 is 0. The van der Waals surface area contributed by atoms with Crippen LogP contribution in [-0.2, 0) is 0 Å². The predicted molar refractivity (Wildman–Crippen MR) is 73.5 cm³/mol. The molecule has 0 aromatic carbocycles. The lowest BCUT2D eigenvalue weighted by Gasteiger charge is -2.19. The maximum atomic E-state index is 4.29. The van der Waals surface area contributed by atoms with E-state index in [0.717, 1.165) is 30.6 Å². The molecule has 4 heteroatoms. The molecule has 0 aliphatic carbocycles. The van der Waals surface area contributed by atoms with Gasteiger partial charge in [0.1, 0.15) is 18.0 Å². The van der Waals surface area contributed by atoms with E-state index in [2.05, 4.69) is 48.0 Å². The Morgan fingerprint density at radius 3 is 2.76 bits per heavy atom. The molecule has 0 amide bonds. The Hall–Kier alpha value is -1.32. The van der Waals surface area contributed by atoms with Crippen molar-refractivity contribution in [2.24, 2.45) is 5.92 Å². The van der Waals surface area contributed by atoms with Crippen LogP contribution >= 0.6 is 0 Å². The summed E-state index contributed by atoms with van der Waals surface area (Å²) in [5.41, 5.74) is 0. The smallest absolute Gasteiger partial charge is 0.133 e. The highest BCUT2D eigenvalue weighted by molar-refractivity contribution is 5.47. The Morgan fingerprint density at radius 2 is 2.12 bits per heavy atom. The summed E-state index contributed by atoms with van der Waals surface area (Å²) in [4.78, 5) is 10.7. The quantitative estimate of drug-likeness (QED) is 0.790. The molecule has 0 unspecified atom stereocenters. The Kier molecular flexibility index (Phi) is 5.73. The Bertz CT molecular complexity index is 325. The van der Waals surface area contributed by atoms with Crippen molar-refractivity contribution in [3.63, 3.8) is 0 Å². The molecule has 0 saturated carbocycles. The standard InChI is InChI=1S/C13H24N4/c1-5-14-12-9-13(16-10-15-12)17(4)8-6-7-11(2)3/h9-11H,5-8H2,1-4H3,(H,14,15,16). The first kappa shape index (κ1) is 13.7. The second-order valence-electron chi connectivity index (χ2n) is 4.75. The molecule has 4 nitrogen and oxygen atoms in total. The third-order valence-electron chi connectivity index (χ3n) is 2.68. The number of nitrogens with one attached hydrogen (secondary N) is 1. The molecule has 0 aliphatic rings. The van der Waals surface area contributed by atoms with Gasteiger partial charge in [-0.3, -0.25) is 0 Å². The van der Waals surface area contributed by atoms with Gasteiger partial charge >= 0.3 is 0 Å². The highest BCUT2D eigenvalue weighted by atomic mass is 15.2. The predicted octanol–water partition coefficient (Wildman–Crippen LogP) is 2.78. The first-order valence-corrected chi connectivity index (χ1v) is 6.40. The van der Waals surface area contributed by atoms with E-state index >= 15 is 0 Å². The number of nitrogens with zero attached hydrogens (tertiary/aromatic N) is 3. The van der Waals surface area contributed by atoms with Gasteiger partial charge in [0.05, 0.1) is 0 Å². The van der Waals surface area contributed by atoms with Crippen molar-refractivity contribution in [1.29, 1.82) is 0 Å². The molecule has 17 heavy (non-hydrogen) atoms. The van der Waals surface area contributed by atoms with Gasteiger partial charge in [-0.15, -0.1) is 0 Å². The van der Waals surface area contributed by atoms with Crippen molar-refractivity contribution in [1.82, 2.24) is 9.97 Å². The summed E-state index contributed by atoms with van der Waals surface area (Å²) in [6.45, 7) is 8.50. The van der Waals surface area contributed by atoms with Crippen molar-refractivity contribution in [2.75, 3.05) is 30.4 Å².